The van der Waals surface area contributed by atoms with Gasteiger partial charge in [-0.25, -0.2) is 8.78 Å². The van der Waals surface area contributed by atoms with E-state index >= 15 is 0 Å². The van der Waals surface area contributed by atoms with Gasteiger partial charge in [0.2, 0.25) is 5.92 Å². The zero-order valence-corrected chi connectivity index (χ0v) is 34.8. The Bertz CT molecular complexity index is 3320. The number of Topliss-reactive ketones (excluding diaryl/α,β-unsaturated/α-hetero) is 4. The number of halogens is 6. The molecule has 6 aromatic heterocycles. The topological polar surface area (TPSA) is 182 Å². The predicted molar refractivity (Wildman–Crippen MR) is 230 cm³/mol. The van der Waals surface area contributed by atoms with E-state index in [9.17, 15) is 41.1 Å². The molecule has 0 radical (unpaired) electrons. The van der Waals surface area contributed by atoms with Gasteiger partial charge in [0.1, 0.15) is 47.0 Å². The molecule has 64 heavy (non-hydrogen) atoms. The minimum atomic E-state index is -4.49. The van der Waals surface area contributed by atoms with E-state index in [-0.39, 0.29) is 77.4 Å². The number of fused-ring (bicyclic) bond motifs is 1. The van der Waals surface area contributed by atoms with Crippen molar-refractivity contribution in [3.05, 3.63) is 75.7 Å². The quantitative estimate of drug-likeness (QED) is 0.0989. The second-order valence-corrected chi connectivity index (χ2v) is 14.2. The van der Waals surface area contributed by atoms with E-state index in [1.807, 2.05) is 0 Å². The molecule has 0 N–H and O–H groups in total. The lowest BCUT2D eigenvalue weighted by atomic mass is 9.87. The highest BCUT2D eigenvalue weighted by Gasteiger charge is 2.35. The summed E-state index contributed by atoms with van der Waals surface area (Å²) >= 11 is 2.85. The van der Waals surface area contributed by atoms with Gasteiger partial charge >= 0.3 is 6.18 Å². The smallest absolute Gasteiger partial charge is 0.361 e. The van der Waals surface area contributed by atoms with Gasteiger partial charge in [-0.3, -0.25) is 28.8 Å². The van der Waals surface area contributed by atoms with Crippen LogP contribution in [0.2, 0.25) is 0 Å². The van der Waals surface area contributed by atoms with Gasteiger partial charge in [-0.15, -0.1) is 0 Å². The van der Waals surface area contributed by atoms with Crippen LogP contribution >= 0.6 is 15.9 Å². The van der Waals surface area contributed by atoms with E-state index in [0.717, 1.165) is 4.68 Å². The van der Waals surface area contributed by atoms with Crippen molar-refractivity contribution in [1.82, 2.24) is 34.8 Å². The van der Waals surface area contributed by atoms with Crippen LogP contribution < -0.4 is 0 Å². The summed E-state index contributed by atoms with van der Waals surface area (Å²) in [5, 5.41) is 13.6. The number of hydrogen-bond acceptors (Lipinski definition) is 12. The lowest BCUT2D eigenvalue weighted by Gasteiger charge is -2.28. The Balaban J connectivity index is 0.000000353. The molecular formula is C44H53BrF5N7O7. The van der Waals surface area contributed by atoms with Crippen molar-refractivity contribution in [2.24, 2.45) is 5.92 Å². The highest BCUT2D eigenvalue weighted by Crippen LogP contribution is 2.39. The molecule has 14 nitrogen and oxygen atoms in total. The number of hydrogen-bond donors (Lipinski definition) is 0. The third-order valence-electron chi connectivity index (χ3n) is 8.10. The van der Waals surface area contributed by atoms with Crippen LogP contribution in [0.25, 0.3) is 33.3 Å². The van der Waals surface area contributed by atoms with Crippen molar-refractivity contribution in [2.75, 3.05) is 0 Å². The number of pyridine rings is 1. The first-order chi connectivity index (χ1) is 40.6. The fraction of sp³-hybridized carbons (Fsp3) is 0.477. The molecule has 0 unspecified atom stereocenters. The van der Waals surface area contributed by atoms with Crippen LogP contribution in [0.1, 0.15) is 137 Å². The molecule has 1 saturated carbocycles. The number of aromatic nitrogens is 7. The van der Waals surface area contributed by atoms with Crippen molar-refractivity contribution in [3.63, 3.8) is 0 Å². The molecule has 0 aromatic carbocycles. The van der Waals surface area contributed by atoms with Crippen molar-refractivity contribution < 1.29 is 91.7 Å². The number of nitrogens with zero attached hydrogens (tertiary/aromatic N) is 7. The van der Waals surface area contributed by atoms with E-state index in [1.54, 1.807) is 10.8 Å². The van der Waals surface area contributed by atoms with Gasteiger partial charge in [-0.1, -0.05) is 15.5 Å². The van der Waals surface area contributed by atoms with Gasteiger partial charge in [0, 0.05) is 102 Å². The summed E-state index contributed by atoms with van der Waals surface area (Å²) in [6, 6.07) is 0.824. The lowest BCUT2D eigenvalue weighted by molar-refractivity contribution is -0.142. The van der Waals surface area contributed by atoms with Gasteiger partial charge in [0.05, 0.1) is 52.9 Å². The molecule has 6 heterocycles. The van der Waals surface area contributed by atoms with Crippen LogP contribution in [0.15, 0.2) is 54.9 Å². The summed E-state index contributed by atoms with van der Waals surface area (Å²) in [5.41, 5.74) is -0.271. The molecule has 7 rings (SSSR count). The Hall–Kier alpha value is -5.66. The first-order valence-electron chi connectivity index (χ1n) is 31.3. The Morgan fingerprint density at radius 3 is 2.06 bits per heavy atom. The molecule has 20 heteroatoms. The Kier molecular flexibility index (Phi) is 9.16. The van der Waals surface area contributed by atoms with Crippen LogP contribution in [0, 0.1) is 47.0 Å². The Morgan fingerprint density at radius 1 is 0.875 bits per heavy atom. The number of ketones is 4. The van der Waals surface area contributed by atoms with Crippen LogP contribution in [0.4, 0.5) is 22.0 Å². The number of rotatable bonds is 9. The summed E-state index contributed by atoms with van der Waals surface area (Å²) in [6.07, 6.45) is -2.65. The molecule has 0 spiro atoms. The van der Waals surface area contributed by atoms with Crippen LogP contribution in [-0.2, 0) is 32.3 Å². The fourth-order valence-corrected chi connectivity index (χ4v) is 5.68. The second kappa shape index (κ2) is 23.3. The largest absolute Gasteiger partial charge is 0.408 e. The number of alkyl halides is 5. The van der Waals surface area contributed by atoms with Crippen molar-refractivity contribution in [3.8, 4) is 22.3 Å². The van der Waals surface area contributed by atoms with Gasteiger partial charge in [0.15, 0.2) is 0 Å². The Labute approximate surface area is 413 Å². The predicted octanol–water partition coefficient (Wildman–Crippen LogP) is 11.0. The summed E-state index contributed by atoms with van der Waals surface area (Å²) < 4.78 is 274. The average molecular weight is 994 g/mol. The monoisotopic (exact) mass is 992 g/mol. The maximum atomic E-state index is 13.8. The molecule has 6 aromatic rings. The van der Waals surface area contributed by atoms with E-state index in [4.69, 9.17) is 41.5 Å². The normalized spacial score (nSPS) is 21.3. The average Bonchev–Trinajstić information content (AvgIpc) is 1.66. The first kappa shape index (κ1) is 25.1. The maximum Gasteiger partial charge on any atom is 0.408 e. The molecule has 348 valence electrons. The molecule has 0 bridgehead atoms. The fourth-order valence-electron chi connectivity index (χ4n) is 5.53. The molecule has 1 aliphatic rings. The number of aryl methyl sites for hydroxylation is 6. The SMILES string of the molecule is CC(=O)CC(C)=O.[2H]C([2H])([2H])C(=O)C([2H])([2H])C(=O)C([2H])([2H])[2H].[2H]C([2H])([2H])c1noc(C([2H])([2H])[2H])c1-c1cnc2c(-c3cnn(CC(F)(F)F)c3)cn(CC3CCC(F)(F)CC3)c2c1.[2H]C([2H])([2H])c1noc(C([2H])([2H])[2H])c1Br.[2H]c1c(C([2H])([2H])[2H])noc1C([2H])([2H])[2H]. The second-order valence-electron chi connectivity index (χ2n) is 13.4. The van der Waals surface area contributed by atoms with Crippen molar-refractivity contribution in [1.29, 1.82) is 0 Å². The van der Waals surface area contributed by atoms with Gasteiger partial charge in [-0.05, 0) is 109 Å². The van der Waals surface area contributed by atoms with Crippen LogP contribution in [-0.4, -0.2) is 70.0 Å². The highest BCUT2D eigenvalue weighted by atomic mass is 79.9. The Morgan fingerprint density at radius 2 is 1.55 bits per heavy atom. The van der Waals surface area contributed by atoms with E-state index in [2.05, 4.69) is 50.5 Å². The van der Waals surface area contributed by atoms with Crippen LogP contribution in [0.5, 0.6) is 0 Å². The summed E-state index contributed by atoms with van der Waals surface area (Å²) in [4.78, 5) is 46.4. The standard InChI is InChI=1S/C24H24F5N5O.C5H6BrNO.C5H7NO.2C5H8O2/c1-14-21(15(2)35-32-14)17-7-20-22(30-8-17)19(18-9-31-34(11-18)13-24(27,28)29)12-33(20)10-16-3-5-23(25,26)6-4-16;1-3-5(6)4(2)8-7-3;1-4-3-5(2)7-6-4;2*1-4(6)3-5(2)7/h7-9,11-12,16H,3-6,10,13H2,1-2H3;1-2H3;3H,1-2H3;2*3H2,1-2H3/i2*1D3,2D3;1D3,2D3,3D;1D3,2D3,3D2;. The highest BCUT2D eigenvalue weighted by molar-refractivity contribution is 9.10. The number of carbonyl (C=O) groups excluding carboxylic acids is 4. The maximum absolute atomic E-state index is 13.8. The minimum Gasteiger partial charge on any atom is -0.361 e. The molecule has 0 saturated heterocycles. The third-order valence-corrected chi connectivity index (χ3v) is 8.83. The zero-order valence-electron chi connectivity index (χ0n) is 60.2. The molecular weight excluding hydrogens is 913 g/mol. The molecule has 0 amide bonds. The summed E-state index contributed by atoms with van der Waals surface area (Å²) in [5.74, 6) is -8.81. The van der Waals surface area contributed by atoms with E-state index in [0.29, 0.717) is 22.2 Å². The molecule has 1 aliphatic carbocycles. The summed E-state index contributed by atoms with van der Waals surface area (Å²) in [6.45, 7) is -20.8. The minimum absolute atomic E-state index is 0.0625. The first-order valence-corrected chi connectivity index (χ1v) is 18.6. The van der Waals surface area contributed by atoms with Crippen molar-refractivity contribution in [2.45, 2.75) is 132 Å². The molecule has 0 atom stereocenters. The van der Waals surface area contributed by atoms with Crippen molar-refractivity contribution >= 4 is 50.1 Å². The van der Waals surface area contributed by atoms with Gasteiger partial charge in [-0.2, -0.15) is 18.3 Å². The third kappa shape index (κ3) is 17.1. The number of carbonyl (C=O) groups is 4. The van der Waals surface area contributed by atoms with Gasteiger partial charge < -0.3 is 18.1 Å². The molecule has 0 aliphatic heterocycles. The lowest BCUT2D eigenvalue weighted by Crippen LogP contribution is -2.26. The van der Waals surface area contributed by atoms with Gasteiger partial charge in [0.25, 0.3) is 0 Å². The molecule has 1 fully saturated rings. The summed E-state index contributed by atoms with van der Waals surface area (Å²) in [7, 11) is 0. The zero-order chi connectivity index (χ0) is 70.8. The van der Waals surface area contributed by atoms with E-state index in [1.165, 1.54) is 38.5 Å². The van der Waals surface area contributed by atoms with E-state index < -0.39 is 126 Å². The van der Waals surface area contributed by atoms with Crippen LogP contribution in [0.3, 0.4) is 0 Å².